The maximum Gasteiger partial charge on any atom is 0.132 e. The zero-order valence-corrected chi connectivity index (χ0v) is 7.30. The highest BCUT2D eigenvalue weighted by molar-refractivity contribution is 5.77. The lowest BCUT2D eigenvalue weighted by molar-refractivity contribution is -0.120. The van der Waals surface area contributed by atoms with Gasteiger partial charge in [-0.15, -0.1) is 0 Å². The van der Waals surface area contributed by atoms with Crippen molar-refractivity contribution < 1.29 is 9.53 Å². The van der Waals surface area contributed by atoms with Crippen molar-refractivity contribution in [2.24, 2.45) is 11.8 Å². The van der Waals surface area contributed by atoms with E-state index >= 15 is 0 Å². The van der Waals surface area contributed by atoms with Crippen molar-refractivity contribution in [1.29, 1.82) is 0 Å². The van der Waals surface area contributed by atoms with Crippen molar-refractivity contribution >= 4 is 5.78 Å². The van der Waals surface area contributed by atoms with Crippen molar-refractivity contribution in [1.82, 2.24) is 0 Å². The molecule has 0 N–H and O–H groups in total. The summed E-state index contributed by atoms with van der Waals surface area (Å²) in [6.07, 6.45) is 2.15. The normalized spacial score (nSPS) is 26.9. The summed E-state index contributed by atoms with van der Waals surface area (Å²) in [7, 11) is 0. The molecule has 0 radical (unpaired) electrons. The van der Waals surface area contributed by atoms with Gasteiger partial charge >= 0.3 is 0 Å². The van der Waals surface area contributed by atoms with Gasteiger partial charge in [-0.3, -0.25) is 4.79 Å². The van der Waals surface area contributed by atoms with Crippen LogP contribution in [0.4, 0.5) is 0 Å². The number of ether oxygens (including phenoxy) is 1. The summed E-state index contributed by atoms with van der Waals surface area (Å²) in [5, 5.41) is 0. The molecule has 1 aliphatic rings. The van der Waals surface area contributed by atoms with Gasteiger partial charge in [-0.1, -0.05) is 6.92 Å². The Bertz CT molecular complexity index is 136. The van der Waals surface area contributed by atoms with Crippen LogP contribution in [0.25, 0.3) is 0 Å². The van der Waals surface area contributed by atoms with Gasteiger partial charge in [-0.2, -0.15) is 0 Å². The van der Waals surface area contributed by atoms with Crippen LogP contribution < -0.4 is 0 Å². The van der Waals surface area contributed by atoms with Crippen LogP contribution in [0, 0.1) is 11.8 Å². The second-order valence-electron chi connectivity index (χ2n) is 3.48. The second kappa shape index (κ2) is 3.86. The minimum atomic E-state index is 0.224. The molecule has 1 aliphatic heterocycles. The highest BCUT2D eigenvalue weighted by atomic mass is 16.5. The third-order valence-corrected chi connectivity index (χ3v) is 2.40. The van der Waals surface area contributed by atoms with Gasteiger partial charge in [0.2, 0.25) is 0 Å². The largest absolute Gasteiger partial charge is 0.381 e. The summed E-state index contributed by atoms with van der Waals surface area (Å²) in [4.78, 5) is 10.9. The Kier molecular flexibility index (Phi) is 3.06. The van der Waals surface area contributed by atoms with Crippen LogP contribution in [-0.4, -0.2) is 19.0 Å². The zero-order chi connectivity index (χ0) is 8.27. The molecule has 1 heterocycles. The van der Waals surface area contributed by atoms with Crippen LogP contribution in [0.5, 0.6) is 0 Å². The molecular formula is C9H16O2. The predicted octanol–water partition coefficient (Wildman–Crippen LogP) is 1.64. The quantitative estimate of drug-likeness (QED) is 0.621. The van der Waals surface area contributed by atoms with Gasteiger partial charge in [0.1, 0.15) is 5.78 Å². The number of rotatable bonds is 3. The third-order valence-electron chi connectivity index (χ3n) is 2.40. The van der Waals surface area contributed by atoms with Gasteiger partial charge in [0.15, 0.2) is 0 Å². The second-order valence-corrected chi connectivity index (χ2v) is 3.48. The Labute approximate surface area is 67.9 Å². The molecule has 2 unspecified atom stereocenters. The van der Waals surface area contributed by atoms with Crippen LogP contribution in [0.15, 0.2) is 0 Å². The minimum Gasteiger partial charge on any atom is -0.381 e. The van der Waals surface area contributed by atoms with Crippen LogP contribution in [0.2, 0.25) is 0 Å². The molecule has 0 bridgehead atoms. The summed E-state index contributed by atoms with van der Waals surface area (Å²) in [5.41, 5.74) is 0. The number of hydrogen-bond acceptors (Lipinski definition) is 2. The van der Waals surface area contributed by atoms with Gasteiger partial charge in [0.05, 0.1) is 0 Å². The first-order chi connectivity index (χ1) is 5.20. The fourth-order valence-corrected chi connectivity index (χ4v) is 1.44. The number of carbonyl (C=O) groups is 1. The summed E-state index contributed by atoms with van der Waals surface area (Å²) < 4.78 is 5.23. The highest BCUT2D eigenvalue weighted by Gasteiger charge is 2.19. The van der Waals surface area contributed by atoms with E-state index in [9.17, 15) is 4.79 Å². The van der Waals surface area contributed by atoms with E-state index in [2.05, 4.69) is 0 Å². The Morgan fingerprint density at radius 3 is 2.91 bits per heavy atom. The first kappa shape index (κ1) is 8.72. The summed E-state index contributed by atoms with van der Waals surface area (Å²) in [6.45, 7) is 5.41. The van der Waals surface area contributed by atoms with Gasteiger partial charge in [0, 0.05) is 19.1 Å². The van der Waals surface area contributed by atoms with Crippen LogP contribution in [0.3, 0.4) is 0 Å². The molecule has 0 aromatic heterocycles. The van der Waals surface area contributed by atoms with Gasteiger partial charge < -0.3 is 4.74 Å². The van der Waals surface area contributed by atoms with Crippen LogP contribution >= 0.6 is 0 Å². The first-order valence-corrected chi connectivity index (χ1v) is 4.28. The molecule has 0 aromatic carbocycles. The van der Waals surface area contributed by atoms with E-state index < -0.39 is 0 Å². The molecule has 1 rings (SSSR count). The topological polar surface area (TPSA) is 26.3 Å². The SMILES string of the molecule is CC(=O)C(C)CC1CCOC1. The molecule has 2 atom stereocenters. The standard InChI is InChI=1S/C9H16O2/c1-7(8(2)10)5-9-3-4-11-6-9/h7,9H,3-6H2,1-2H3. The van der Waals surface area contributed by atoms with E-state index in [-0.39, 0.29) is 5.92 Å². The van der Waals surface area contributed by atoms with Crippen LogP contribution in [0.1, 0.15) is 26.7 Å². The van der Waals surface area contributed by atoms with Gasteiger partial charge in [-0.25, -0.2) is 0 Å². The third kappa shape index (κ3) is 2.62. The van der Waals surface area contributed by atoms with Crippen molar-refractivity contribution in [2.45, 2.75) is 26.7 Å². The molecular weight excluding hydrogens is 140 g/mol. The van der Waals surface area contributed by atoms with Crippen molar-refractivity contribution in [3.05, 3.63) is 0 Å². The number of Topliss-reactive ketones (excluding diaryl/α,β-unsaturated/α-hetero) is 1. The molecule has 0 spiro atoms. The molecule has 1 fully saturated rings. The Morgan fingerprint density at radius 1 is 1.73 bits per heavy atom. The number of hydrogen-bond donors (Lipinski definition) is 0. The van der Waals surface area contributed by atoms with Crippen LogP contribution in [-0.2, 0) is 9.53 Å². The molecule has 2 heteroatoms. The molecule has 1 saturated heterocycles. The molecule has 64 valence electrons. The first-order valence-electron chi connectivity index (χ1n) is 4.28. The van der Waals surface area contributed by atoms with E-state index in [0.717, 1.165) is 26.1 Å². The summed E-state index contributed by atoms with van der Waals surface area (Å²) in [5.74, 6) is 1.16. The number of ketones is 1. The fourth-order valence-electron chi connectivity index (χ4n) is 1.44. The highest BCUT2D eigenvalue weighted by Crippen LogP contribution is 2.21. The number of carbonyl (C=O) groups excluding carboxylic acids is 1. The Hall–Kier alpha value is -0.370. The van der Waals surface area contributed by atoms with Crippen molar-refractivity contribution in [3.8, 4) is 0 Å². The van der Waals surface area contributed by atoms with E-state index in [1.807, 2.05) is 6.92 Å². The lowest BCUT2D eigenvalue weighted by Crippen LogP contribution is -2.12. The smallest absolute Gasteiger partial charge is 0.132 e. The molecule has 0 saturated carbocycles. The van der Waals surface area contributed by atoms with E-state index in [4.69, 9.17) is 4.74 Å². The van der Waals surface area contributed by atoms with Gasteiger partial charge in [-0.05, 0) is 25.7 Å². The Morgan fingerprint density at radius 2 is 2.45 bits per heavy atom. The average molecular weight is 156 g/mol. The fraction of sp³-hybridized carbons (Fsp3) is 0.889. The predicted molar refractivity (Wildman–Crippen MR) is 43.4 cm³/mol. The van der Waals surface area contributed by atoms with E-state index in [0.29, 0.717) is 11.7 Å². The molecule has 0 amide bonds. The summed E-state index contributed by atoms with van der Waals surface area (Å²) in [6, 6.07) is 0. The average Bonchev–Trinajstić information content (AvgIpc) is 2.39. The van der Waals surface area contributed by atoms with Crippen molar-refractivity contribution in [3.63, 3.8) is 0 Å². The summed E-state index contributed by atoms with van der Waals surface area (Å²) >= 11 is 0. The van der Waals surface area contributed by atoms with Gasteiger partial charge in [0.25, 0.3) is 0 Å². The lowest BCUT2D eigenvalue weighted by atomic mass is 9.93. The zero-order valence-electron chi connectivity index (χ0n) is 7.30. The molecule has 2 nitrogen and oxygen atoms in total. The maximum absolute atomic E-state index is 10.9. The molecule has 0 aromatic rings. The Balaban J connectivity index is 2.23. The maximum atomic E-state index is 10.9. The van der Waals surface area contributed by atoms with E-state index in [1.54, 1.807) is 6.92 Å². The van der Waals surface area contributed by atoms with Crippen molar-refractivity contribution in [2.75, 3.05) is 13.2 Å². The van der Waals surface area contributed by atoms with E-state index in [1.165, 1.54) is 0 Å². The molecule has 11 heavy (non-hydrogen) atoms. The lowest BCUT2D eigenvalue weighted by Gasteiger charge is -2.11. The minimum absolute atomic E-state index is 0.224. The molecule has 0 aliphatic carbocycles. The monoisotopic (exact) mass is 156 g/mol.